The Bertz CT molecular complexity index is 816. The lowest BCUT2D eigenvalue weighted by Gasteiger charge is -2.03. The minimum atomic E-state index is -0.440. The number of nitrogens with two attached hydrogens (primary N) is 1. The average molecular weight is 297 g/mol. The molecule has 0 aliphatic rings. The van der Waals surface area contributed by atoms with Gasteiger partial charge in [-0.25, -0.2) is 9.97 Å². The first kappa shape index (κ1) is 13.6. The summed E-state index contributed by atoms with van der Waals surface area (Å²) >= 11 is 0. The summed E-state index contributed by atoms with van der Waals surface area (Å²) in [4.78, 5) is 27.9. The molecule has 0 unspecified atom stereocenters. The summed E-state index contributed by atoms with van der Waals surface area (Å²) in [6.45, 7) is 0. The maximum Gasteiger partial charge on any atom is 0.273 e. The molecule has 9 nitrogen and oxygen atoms in total. The Morgan fingerprint density at radius 1 is 1.27 bits per heavy atom. The third kappa shape index (κ3) is 2.46. The SMILES string of the molecule is CNC(=O)c1nc(-c2noc(-c3ccncc3)n2)cnc1N. The average Bonchev–Trinajstić information content (AvgIpc) is 3.05. The Morgan fingerprint density at radius 3 is 2.77 bits per heavy atom. The van der Waals surface area contributed by atoms with Crippen molar-refractivity contribution in [1.82, 2.24) is 30.4 Å². The van der Waals surface area contributed by atoms with Gasteiger partial charge in [-0.1, -0.05) is 5.16 Å². The molecule has 0 spiro atoms. The van der Waals surface area contributed by atoms with E-state index >= 15 is 0 Å². The normalized spacial score (nSPS) is 10.4. The molecule has 110 valence electrons. The minimum Gasteiger partial charge on any atom is -0.382 e. The lowest BCUT2D eigenvalue weighted by Crippen LogP contribution is -2.21. The Hall–Kier alpha value is -3.36. The van der Waals surface area contributed by atoms with Crippen molar-refractivity contribution in [3.63, 3.8) is 0 Å². The number of aromatic nitrogens is 5. The van der Waals surface area contributed by atoms with Crippen LogP contribution < -0.4 is 11.1 Å². The van der Waals surface area contributed by atoms with Crippen LogP contribution in [0.4, 0.5) is 5.82 Å². The molecule has 0 saturated heterocycles. The van der Waals surface area contributed by atoms with Gasteiger partial charge < -0.3 is 15.6 Å². The number of carbonyl (C=O) groups is 1. The minimum absolute atomic E-state index is 0.00950. The van der Waals surface area contributed by atoms with E-state index < -0.39 is 5.91 Å². The Morgan fingerprint density at radius 2 is 2.05 bits per heavy atom. The summed E-state index contributed by atoms with van der Waals surface area (Å²) in [5, 5.41) is 6.28. The Labute approximate surface area is 124 Å². The van der Waals surface area contributed by atoms with E-state index in [0.29, 0.717) is 5.89 Å². The van der Waals surface area contributed by atoms with Crippen LogP contribution in [-0.4, -0.2) is 38.0 Å². The van der Waals surface area contributed by atoms with E-state index in [9.17, 15) is 4.79 Å². The third-order valence-corrected chi connectivity index (χ3v) is 2.83. The summed E-state index contributed by atoms with van der Waals surface area (Å²) in [6.07, 6.45) is 4.61. The summed E-state index contributed by atoms with van der Waals surface area (Å²) < 4.78 is 5.17. The standard InChI is InChI=1S/C13H11N7O2/c1-15-12(21)9-10(14)17-6-8(18-9)11-19-13(22-20-11)7-2-4-16-5-3-7/h2-6H,1H3,(H2,14,17)(H,15,21). The van der Waals surface area contributed by atoms with Crippen LogP contribution in [0.3, 0.4) is 0 Å². The lowest BCUT2D eigenvalue weighted by molar-refractivity contribution is 0.0959. The highest BCUT2D eigenvalue weighted by Crippen LogP contribution is 2.21. The van der Waals surface area contributed by atoms with Crippen molar-refractivity contribution in [2.24, 2.45) is 0 Å². The number of carbonyl (C=O) groups excluding carboxylic acids is 1. The van der Waals surface area contributed by atoms with E-state index in [2.05, 4.69) is 30.4 Å². The van der Waals surface area contributed by atoms with Crippen molar-refractivity contribution in [2.75, 3.05) is 12.8 Å². The second-order valence-electron chi connectivity index (χ2n) is 4.23. The van der Waals surface area contributed by atoms with Crippen molar-refractivity contribution in [3.05, 3.63) is 36.4 Å². The summed E-state index contributed by atoms with van der Waals surface area (Å²) in [5.41, 5.74) is 6.66. The molecular weight excluding hydrogens is 286 g/mol. The molecule has 1 amide bonds. The number of pyridine rings is 1. The van der Waals surface area contributed by atoms with Gasteiger partial charge in [0, 0.05) is 25.0 Å². The van der Waals surface area contributed by atoms with E-state index in [1.165, 1.54) is 13.2 Å². The van der Waals surface area contributed by atoms with Gasteiger partial charge in [0.15, 0.2) is 11.5 Å². The zero-order valence-electron chi connectivity index (χ0n) is 11.5. The van der Waals surface area contributed by atoms with Crippen LogP contribution in [-0.2, 0) is 0 Å². The quantitative estimate of drug-likeness (QED) is 0.715. The number of rotatable bonds is 3. The number of hydrogen-bond donors (Lipinski definition) is 2. The van der Waals surface area contributed by atoms with Crippen LogP contribution in [0.2, 0.25) is 0 Å². The molecule has 3 aromatic rings. The molecule has 0 aliphatic carbocycles. The van der Waals surface area contributed by atoms with Crippen LogP contribution in [0.15, 0.2) is 35.2 Å². The molecule has 22 heavy (non-hydrogen) atoms. The number of amides is 1. The van der Waals surface area contributed by atoms with E-state index in [1.807, 2.05) is 0 Å². The van der Waals surface area contributed by atoms with Gasteiger partial charge in [-0.05, 0) is 12.1 Å². The number of anilines is 1. The van der Waals surface area contributed by atoms with E-state index in [0.717, 1.165) is 5.56 Å². The molecule has 0 saturated carbocycles. The van der Waals surface area contributed by atoms with Gasteiger partial charge in [0.1, 0.15) is 5.69 Å². The maximum atomic E-state index is 11.7. The molecule has 3 aromatic heterocycles. The van der Waals surface area contributed by atoms with E-state index in [-0.39, 0.29) is 23.0 Å². The maximum absolute atomic E-state index is 11.7. The molecule has 3 rings (SSSR count). The van der Waals surface area contributed by atoms with Gasteiger partial charge in [0.2, 0.25) is 5.82 Å². The number of nitrogens with zero attached hydrogens (tertiary/aromatic N) is 5. The second kappa shape index (κ2) is 5.56. The van der Waals surface area contributed by atoms with Crippen molar-refractivity contribution >= 4 is 11.7 Å². The number of nitrogens with one attached hydrogen (secondary N) is 1. The van der Waals surface area contributed by atoms with Crippen LogP contribution in [0.1, 0.15) is 10.5 Å². The van der Waals surface area contributed by atoms with Crippen molar-refractivity contribution in [3.8, 4) is 23.0 Å². The fourth-order valence-electron chi connectivity index (χ4n) is 1.73. The molecule has 3 N–H and O–H groups in total. The first-order chi connectivity index (χ1) is 10.7. The van der Waals surface area contributed by atoms with Crippen molar-refractivity contribution in [1.29, 1.82) is 0 Å². The largest absolute Gasteiger partial charge is 0.382 e. The smallest absolute Gasteiger partial charge is 0.273 e. The van der Waals surface area contributed by atoms with Crippen LogP contribution in [0.25, 0.3) is 23.0 Å². The molecule has 3 heterocycles. The van der Waals surface area contributed by atoms with Gasteiger partial charge in [-0.3, -0.25) is 9.78 Å². The van der Waals surface area contributed by atoms with Crippen LogP contribution >= 0.6 is 0 Å². The Kier molecular flexibility index (Phi) is 3.44. The van der Waals surface area contributed by atoms with Gasteiger partial charge >= 0.3 is 0 Å². The molecule has 9 heteroatoms. The molecule has 0 atom stereocenters. The first-order valence-electron chi connectivity index (χ1n) is 6.28. The van der Waals surface area contributed by atoms with Crippen molar-refractivity contribution in [2.45, 2.75) is 0 Å². The van der Waals surface area contributed by atoms with Crippen LogP contribution in [0.5, 0.6) is 0 Å². The first-order valence-corrected chi connectivity index (χ1v) is 6.28. The van der Waals surface area contributed by atoms with Gasteiger partial charge in [0.25, 0.3) is 11.8 Å². The molecular formula is C13H11N7O2. The predicted octanol–water partition coefficient (Wildman–Crippen LogP) is 0.530. The number of nitrogen functional groups attached to an aromatic ring is 1. The molecule has 0 fully saturated rings. The molecule has 0 aliphatic heterocycles. The fraction of sp³-hybridized carbons (Fsp3) is 0.0769. The highest BCUT2D eigenvalue weighted by Gasteiger charge is 2.17. The lowest BCUT2D eigenvalue weighted by atomic mass is 10.3. The van der Waals surface area contributed by atoms with Gasteiger partial charge in [-0.2, -0.15) is 4.98 Å². The zero-order valence-corrected chi connectivity index (χ0v) is 11.5. The third-order valence-electron chi connectivity index (χ3n) is 2.83. The highest BCUT2D eigenvalue weighted by atomic mass is 16.5. The summed E-state index contributed by atoms with van der Waals surface area (Å²) in [5.74, 6) is 0.118. The highest BCUT2D eigenvalue weighted by molar-refractivity contribution is 5.96. The van der Waals surface area contributed by atoms with E-state index in [4.69, 9.17) is 10.3 Å². The zero-order chi connectivity index (χ0) is 15.5. The molecule has 0 radical (unpaired) electrons. The second-order valence-corrected chi connectivity index (χ2v) is 4.23. The topological polar surface area (TPSA) is 133 Å². The summed E-state index contributed by atoms with van der Waals surface area (Å²) in [6, 6.07) is 3.48. The van der Waals surface area contributed by atoms with Crippen LogP contribution in [0, 0.1) is 0 Å². The fourth-order valence-corrected chi connectivity index (χ4v) is 1.73. The molecule has 0 aromatic carbocycles. The van der Waals surface area contributed by atoms with E-state index in [1.54, 1.807) is 24.5 Å². The number of hydrogen-bond acceptors (Lipinski definition) is 8. The molecule has 0 bridgehead atoms. The Balaban J connectivity index is 1.99. The van der Waals surface area contributed by atoms with Gasteiger partial charge in [-0.15, -0.1) is 0 Å². The monoisotopic (exact) mass is 297 g/mol. The van der Waals surface area contributed by atoms with Crippen molar-refractivity contribution < 1.29 is 9.32 Å². The predicted molar refractivity (Wildman–Crippen MR) is 76.4 cm³/mol. The van der Waals surface area contributed by atoms with Gasteiger partial charge in [0.05, 0.1) is 6.20 Å². The summed E-state index contributed by atoms with van der Waals surface area (Å²) in [7, 11) is 1.48.